The molecule has 14 nitrogen and oxygen atoms in total. The van der Waals surface area contributed by atoms with Crippen molar-refractivity contribution in [3.8, 4) is 0 Å². The number of unbranched alkanes of at least 4 members (excludes halogenated alkanes) is 6. The second kappa shape index (κ2) is 16.7. The molecule has 3 rings (SSSR count). The lowest BCUT2D eigenvalue weighted by Crippen LogP contribution is -2.77. The number of carbonyl (C=O) groups excluding carboxylic acids is 2. The third kappa shape index (κ3) is 8.31. The molecule has 0 aromatic heterocycles. The van der Waals surface area contributed by atoms with Crippen molar-refractivity contribution >= 4 is 29.8 Å². The quantitative estimate of drug-likeness (QED) is 0.0751. The number of carbonyl (C=O) groups is 5. The fourth-order valence-corrected chi connectivity index (χ4v) is 6.74. The van der Waals surface area contributed by atoms with Crippen molar-refractivity contribution in [3.63, 3.8) is 0 Å². The van der Waals surface area contributed by atoms with E-state index in [9.17, 15) is 49.5 Å². The Kier molecular flexibility index (Phi) is 13.5. The highest BCUT2D eigenvalue weighted by Crippen LogP contribution is 2.56. The zero-order valence-electron chi connectivity index (χ0n) is 28.2. The van der Waals surface area contributed by atoms with Gasteiger partial charge in [0.2, 0.25) is 23.1 Å². The van der Waals surface area contributed by atoms with Gasteiger partial charge in [-0.25, -0.2) is 14.4 Å². The summed E-state index contributed by atoms with van der Waals surface area (Å²) in [6.45, 7) is 9.16. The molecule has 2 aliphatic rings. The number of fused-ring (bicyclic) bond motifs is 2. The summed E-state index contributed by atoms with van der Waals surface area (Å²) in [6, 6.07) is 9.32. The predicted molar refractivity (Wildman–Crippen MR) is 171 cm³/mol. The fraction of sp³-hybridized carbons (Fsp3) is 0.629. The molecular weight excluding hydrogens is 644 g/mol. The van der Waals surface area contributed by atoms with Crippen LogP contribution in [-0.2, 0) is 49.3 Å². The Bertz CT molecular complexity index is 1360. The minimum Gasteiger partial charge on any atom is -0.479 e. The summed E-state index contributed by atoms with van der Waals surface area (Å²) in [6.07, 6.45) is -2.70. The van der Waals surface area contributed by atoms with E-state index < -0.39 is 77.7 Å². The van der Waals surface area contributed by atoms with Crippen molar-refractivity contribution in [2.24, 2.45) is 5.92 Å². The maximum absolute atomic E-state index is 13.1. The number of hydrogen-bond donors (Lipinski definition) is 5. The maximum atomic E-state index is 13.1. The summed E-state index contributed by atoms with van der Waals surface area (Å²) in [4.78, 5) is 62.7. The fourth-order valence-electron chi connectivity index (χ4n) is 6.74. The van der Waals surface area contributed by atoms with Crippen LogP contribution in [0.25, 0.3) is 0 Å². The molecule has 0 saturated carbocycles. The highest BCUT2D eigenvalue weighted by Gasteiger charge is 2.85. The Labute approximate surface area is 285 Å². The van der Waals surface area contributed by atoms with Crippen LogP contribution in [0.15, 0.2) is 42.5 Å². The molecule has 0 radical (unpaired) electrons. The minimum absolute atomic E-state index is 0.156. The van der Waals surface area contributed by atoms with Gasteiger partial charge in [0.15, 0.2) is 6.10 Å². The zero-order valence-corrected chi connectivity index (χ0v) is 28.2. The standard InChI is InChI=1S/C35H48O14/c1-5-6-7-8-9-10-14-17-25(37)47-28-27(38)35(32(43)44)34(45,31(41)42)29(30(39)40)48-33(28,49-35)19-18-21(2)26(46-23(4)36)22(3)20-24-15-12-11-13-16-24/h11-13,15-16,22,26-29,38,45H,2,5-10,14,17-20H2,1,3-4H3,(H,39,40)(H,41,42)(H,43,44)/t22-,26-,27-,28-,29-,33+,34-,35+/m1/s1. The van der Waals surface area contributed by atoms with Crippen molar-refractivity contribution in [3.05, 3.63) is 48.0 Å². The summed E-state index contributed by atoms with van der Waals surface area (Å²) in [7, 11) is 0. The van der Waals surface area contributed by atoms with E-state index in [0.29, 0.717) is 19.3 Å². The number of rotatable bonds is 20. The molecule has 2 aliphatic heterocycles. The van der Waals surface area contributed by atoms with E-state index in [0.717, 1.165) is 37.7 Å². The van der Waals surface area contributed by atoms with Gasteiger partial charge in [0.1, 0.15) is 12.2 Å². The molecule has 49 heavy (non-hydrogen) atoms. The van der Waals surface area contributed by atoms with Crippen LogP contribution in [0.5, 0.6) is 0 Å². The molecule has 2 saturated heterocycles. The number of benzene rings is 1. The highest BCUT2D eigenvalue weighted by atomic mass is 16.8. The van der Waals surface area contributed by atoms with Crippen LogP contribution in [-0.4, -0.2) is 96.8 Å². The molecule has 2 fully saturated rings. The lowest BCUT2D eigenvalue weighted by atomic mass is 9.74. The Balaban J connectivity index is 1.95. The van der Waals surface area contributed by atoms with Gasteiger partial charge in [0, 0.05) is 25.7 Å². The Morgan fingerprint density at radius 2 is 1.55 bits per heavy atom. The third-order valence-electron chi connectivity index (χ3n) is 9.25. The van der Waals surface area contributed by atoms with E-state index in [2.05, 4.69) is 13.5 Å². The number of hydrogen-bond acceptors (Lipinski definition) is 11. The van der Waals surface area contributed by atoms with Crippen molar-refractivity contribution in [1.29, 1.82) is 0 Å². The smallest absolute Gasteiger partial charge is 0.343 e. The molecule has 14 heteroatoms. The molecule has 5 N–H and O–H groups in total. The molecule has 2 bridgehead atoms. The summed E-state index contributed by atoms with van der Waals surface area (Å²) in [5, 5.41) is 53.0. The van der Waals surface area contributed by atoms with Gasteiger partial charge in [-0.2, -0.15) is 0 Å². The van der Waals surface area contributed by atoms with Gasteiger partial charge in [0.25, 0.3) is 0 Å². The maximum Gasteiger partial charge on any atom is 0.343 e. The molecule has 0 unspecified atom stereocenters. The van der Waals surface area contributed by atoms with Crippen molar-refractivity contribution in [2.75, 3.05) is 0 Å². The number of aliphatic hydroxyl groups is 2. The number of carboxylic acids is 3. The van der Waals surface area contributed by atoms with Gasteiger partial charge in [-0.15, -0.1) is 0 Å². The lowest BCUT2D eigenvalue weighted by Gasteiger charge is -2.48. The van der Waals surface area contributed by atoms with Crippen LogP contribution >= 0.6 is 0 Å². The first-order valence-corrected chi connectivity index (χ1v) is 16.6. The van der Waals surface area contributed by atoms with E-state index in [4.69, 9.17) is 18.9 Å². The van der Waals surface area contributed by atoms with E-state index in [1.165, 1.54) is 6.92 Å². The molecule has 2 heterocycles. The number of esters is 2. The van der Waals surface area contributed by atoms with Gasteiger partial charge in [0.05, 0.1) is 0 Å². The first kappa shape index (κ1) is 39.6. The Hall–Kier alpha value is -3.85. The SMILES string of the molecule is C=C(CC[C@]12O[C@H](C(=O)O)[C@@](O)(C(=O)O)[C@](C(=O)O)(O1)[C@H](O)[C@H]2OC(=O)CCCCCCCCC)[C@@H](OC(C)=O)[C@H](C)Cc1ccccc1. The first-order valence-electron chi connectivity index (χ1n) is 16.6. The number of aliphatic carboxylic acids is 3. The molecule has 0 amide bonds. The molecule has 0 spiro atoms. The summed E-state index contributed by atoms with van der Waals surface area (Å²) in [5.41, 5.74) is -6.20. The van der Waals surface area contributed by atoms with E-state index in [1.54, 1.807) is 0 Å². The highest BCUT2D eigenvalue weighted by molar-refractivity contribution is 5.97. The number of ether oxygens (including phenoxy) is 4. The van der Waals surface area contributed by atoms with Crippen LogP contribution in [0.2, 0.25) is 0 Å². The predicted octanol–water partition coefficient (Wildman–Crippen LogP) is 3.40. The van der Waals surface area contributed by atoms with Crippen LogP contribution < -0.4 is 0 Å². The Morgan fingerprint density at radius 3 is 2.10 bits per heavy atom. The second-order valence-corrected chi connectivity index (χ2v) is 12.9. The average Bonchev–Trinajstić information content (AvgIpc) is 3.25. The van der Waals surface area contributed by atoms with Gasteiger partial charge in [-0.1, -0.05) is 89.3 Å². The first-order chi connectivity index (χ1) is 23.1. The van der Waals surface area contributed by atoms with E-state index in [-0.39, 0.29) is 24.3 Å². The molecule has 272 valence electrons. The average molecular weight is 693 g/mol. The monoisotopic (exact) mass is 692 g/mol. The van der Waals surface area contributed by atoms with Gasteiger partial charge < -0.3 is 44.5 Å². The molecule has 1 aromatic carbocycles. The third-order valence-corrected chi connectivity index (χ3v) is 9.25. The van der Waals surface area contributed by atoms with Crippen LogP contribution in [0.1, 0.15) is 90.5 Å². The van der Waals surface area contributed by atoms with Crippen molar-refractivity contribution < 1.29 is 68.5 Å². The molecule has 1 aromatic rings. The number of aliphatic hydroxyl groups excluding tert-OH is 1. The van der Waals surface area contributed by atoms with Gasteiger partial charge >= 0.3 is 29.8 Å². The van der Waals surface area contributed by atoms with Crippen LogP contribution in [0.3, 0.4) is 0 Å². The largest absolute Gasteiger partial charge is 0.479 e. The molecule has 0 aliphatic carbocycles. The summed E-state index contributed by atoms with van der Waals surface area (Å²) < 4.78 is 22.4. The molecular formula is C35H48O14. The normalized spacial score (nSPS) is 28.6. The van der Waals surface area contributed by atoms with Crippen LogP contribution in [0.4, 0.5) is 0 Å². The van der Waals surface area contributed by atoms with E-state index >= 15 is 0 Å². The minimum atomic E-state index is -3.87. The summed E-state index contributed by atoms with van der Waals surface area (Å²) in [5.74, 6) is -11.1. The van der Waals surface area contributed by atoms with Crippen molar-refractivity contribution in [1.82, 2.24) is 0 Å². The van der Waals surface area contributed by atoms with E-state index in [1.807, 2.05) is 37.3 Å². The summed E-state index contributed by atoms with van der Waals surface area (Å²) >= 11 is 0. The second-order valence-electron chi connectivity index (χ2n) is 12.9. The number of carboxylic acid groups (broad SMARTS) is 3. The molecule has 8 atom stereocenters. The van der Waals surface area contributed by atoms with Gasteiger partial charge in [-0.05, 0) is 30.4 Å². The zero-order chi connectivity index (χ0) is 36.6. The van der Waals surface area contributed by atoms with Gasteiger partial charge in [-0.3, -0.25) is 9.59 Å². The topological polar surface area (TPSA) is 223 Å². The van der Waals surface area contributed by atoms with Crippen LogP contribution in [0, 0.1) is 5.92 Å². The lowest BCUT2D eigenvalue weighted by molar-refractivity contribution is -0.374. The Morgan fingerprint density at radius 1 is 0.939 bits per heavy atom. The van der Waals surface area contributed by atoms with Crippen molar-refractivity contribution in [2.45, 2.75) is 133 Å².